The van der Waals surface area contributed by atoms with Gasteiger partial charge in [0.2, 0.25) is 0 Å². The van der Waals surface area contributed by atoms with E-state index in [1.54, 1.807) is 18.7 Å². The summed E-state index contributed by atoms with van der Waals surface area (Å²) in [5.41, 5.74) is 4.59. The molecule has 8 heteroatoms. The van der Waals surface area contributed by atoms with E-state index >= 15 is 0 Å². The van der Waals surface area contributed by atoms with Gasteiger partial charge < -0.3 is 14.4 Å². The van der Waals surface area contributed by atoms with E-state index in [0.29, 0.717) is 30.1 Å². The number of rotatable bonds is 9. The number of imidazole rings is 1. The zero-order valence-corrected chi connectivity index (χ0v) is 17.2. The zero-order valence-electron chi connectivity index (χ0n) is 17.2. The van der Waals surface area contributed by atoms with Crippen LogP contribution in [0.15, 0.2) is 24.3 Å². The van der Waals surface area contributed by atoms with Gasteiger partial charge in [0, 0.05) is 18.7 Å². The number of ether oxygens (including phenoxy) is 2. The Morgan fingerprint density at radius 1 is 1.00 bits per heavy atom. The summed E-state index contributed by atoms with van der Waals surface area (Å²) < 4.78 is 38.4. The van der Waals surface area contributed by atoms with Crippen molar-refractivity contribution >= 4 is 11.3 Å². The third-order valence-corrected chi connectivity index (χ3v) is 4.77. The van der Waals surface area contributed by atoms with E-state index in [2.05, 4.69) is 5.10 Å². The second kappa shape index (κ2) is 9.07. The van der Waals surface area contributed by atoms with Gasteiger partial charge in [-0.3, -0.25) is 4.39 Å². The molecule has 0 saturated heterocycles. The van der Waals surface area contributed by atoms with E-state index in [9.17, 15) is 8.78 Å². The first-order chi connectivity index (χ1) is 14.0. The van der Waals surface area contributed by atoms with E-state index in [1.807, 2.05) is 43.0 Å². The minimum absolute atomic E-state index is 0.177. The molecule has 0 atom stereocenters. The maximum absolute atomic E-state index is 13.2. The largest absolute Gasteiger partial charge is 0.493 e. The normalized spacial score (nSPS) is 11.1. The Morgan fingerprint density at radius 3 is 2.41 bits per heavy atom. The first-order valence-corrected chi connectivity index (χ1v) is 9.50. The lowest BCUT2D eigenvalue weighted by molar-refractivity contribution is 0.355. The van der Waals surface area contributed by atoms with Gasteiger partial charge in [-0.25, -0.2) is 13.9 Å². The molecule has 0 radical (unpaired) electrons. The van der Waals surface area contributed by atoms with Gasteiger partial charge in [0.05, 0.1) is 43.7 Å². The smallest absolute Gasteiger partial charge is 0.178 e. The molecule has 2 aromatic heterocycles. The fourth-order valence-electron chi connectivity index (χ4n) is 3.48. The van der Waals surface area contributed by atoms with Crippen molar-refractivity contribution in [3.63, 3.8) is 0 Å². The molecule has 0 N–H and O–H groups in total. The monoisotopic (exact) mass is 404 g/mol. The number of anilines is 1. The van der Waals surface area contributed by atoms with Crippen LogP contribution in [-0.4, -0.2) is 55.3 Å². The molecule has 0 saturated carbocycles. The van der Waals surface area contributed by atoms with E-state index in [4.69, 9.17) is 14.5 Å². The zero-order chi connectivity index (χ0) is 21.0. The fraction of sp³-hybridized carbons (Fsp3) is 0.429. The number of alkyl halides is 2. The summed E-state index contributed by atoms with van der Waals surface area (Å²) in [7, 11) is 3.17. The van der Waals surface area contributed by atoms with Gasteiger partial charge in [0.15, 0.2) is 17.1 Å². The van der Waals surface area contributed by atoms with Crippen LogP contribution in [0.25, 0.3) is 16.9 Å². The summed E-state index contributed by atoms with van der Waals surface area (Å²) in [6.45, 7) is 3.39. The molecule has 0 bridgehead atoms. The van der Waals surface area contributed by atoms with Crippen molar-refractivity contribution in [3.05, 3.63) is 35.7 Å². The van der Waals surface area contributed by atoms with Crippen molar-refractivity contribution in [2.75, 3.05) is 45.6 Å². The maximum Gasteiger partial charge on any atom is 0.178 e. The molecule has 0 aliphatic rings. The number of methoxy groups -OCH3 is 2. The highest BCUT2D eigenvalue weighted by molar-refractivity contribution is 5.76. The highest BCUT2D eigenvalue weighted by Gasteiger charge is 2.20. The van der Waals surface area contributed by atoms with Crippen molar-refractivity contribution in [1.29, 1.82) is 0 Å². The van der Waals surface area contributed by atoms with Gasteiger partial charge in [-0.05, 0) is 44.5 Å². The van der Waals surface area contributed by atoms with Gasteiger partial charge in [-0.1, -0.05) is 0 Å². The Bertz CT molecular complexity index is 990. The molecule has 0 unspecified atom stereocenters. The SMILES string of the molecule is COc1ccc(-c2c(C)nc3c(N(CCF)CCCF)cc(C)nn23)cc1OC. The molecule has 3 rings (SSSR count). The summed E-state index contributed by atoms with van der Waals surface area (Å²) in [5, 5.41) is 4.64. The van der Waals surface area contributed by atoms with E-state index in [1.165, 1.54) is 0 Å². The van der Waals surface area contributed by atoms with Crippen molar-refractivity contribution < 1.29 is 18.3 Å². The molecule has 156 valence electrons. The number of nitrogens with zero attached hydrogens (tertiary/aromatic N) is 4. The number of aromatic nitrogens is 3. The van der Waals surface area contributed by atoms with Crippen LogP contribution in [0, 0.1) is 13.8 Å². The summed E-state index contributed by atoms with van der Waals surface area (Å²) in [6.07, 6.45) is 0.329. The van der Waals surface area contributed by atoms with Gasteiger partial charge in [-0.15, -0.1) is 0 Å². The molecule has 1 aromatic carbocycles. The Hall–Kier alpha value is -2.90. The summed E-state index contributed by atoms with van der Waals surface area (Å²) in [6, 6.07) is 7.50. The summed E-state index contributed by atoms with van der Waals surface area (Å²) in [4.78, 5) is 6.54. The number of benzene rings is 1. The number of aryl methyl sites for hydroxylation is 2. The molecule has 3 aromatic rings. The second-order valence-electron chi connectivity index (χ2n) is 6.74. The fourth-order valence-corrected chi connectivity index (χ4v) is 3.48. The molecule has 29 heavy (non-hydrogen) atoms. The number of halogens is 2. The number of fused-ring (bicyclic) bond motifs is 1. The predicted molar refractivity (Wildman–Crippen MR) is 110 cm³/mol. The van der Waals surface area contributed by atoms with Crippen molar-refractivity contribution in [1.82, 2.24) is 14.6 Å². The third kappa shape index (κ3) is 4.11. The van der Waals surface area contributed by atoms with Crippen molar-refractivity contribution in [2.24, 2.45) is 0 Å². The second-order valence-corrected chi connectivity index (χ2v) is 6.74. The Labute approximate surface area is 169 Å². The van der Waals surface area contributed by atoms with Gasteiger partial charge >= 0.3 is 0 Å². The summed E-state index contributed by atoms with van der Waals surface area (Å²) in [5.74, 6) is 1.24. The van der Waals surface area contributed by atoms with Crippen LogP contribution in [-0.2, 0) is 0 Å². The van der Waals surface area contributed by atoms with Gasteiger partial charge in [0.25, 0.3) is 0 Å². The molecular formula is C21H26F2N4O2. The lowest BCUT2D eigenvalue weighted by Crippen LogP contribution is -2.28. The maximum atomic E-state index is 13.2. The molecule has 0 amide bonds. The standard InChI is InChI=1S/C21H26F2N4O2/c1-14-12-17(26(11-9-23)10-5-8-22)21-24-15(2)20(27(21)25-14)16-6-7-18(28-3)19(13-16)29-4/h6-7,12-13H,5,8-11H2,1-4H3. The highest BCUT2D eigenvalue weighted by Crippen LogP contribution is 2.35. The Balaban J connectivity index is 2.18. The molecule has 6 nitrogen and oxygen atoms in total. The van der Waals surface area contributed by atoms with Crippen LogP contribution in [0.5, 0.6) is 11.5 Å². The van der Waals surface area contributed by atoms with E-state index in [0.717, 1.165) is 28.3 Å². The van der Waals surface area contributed by atoms with Crippen LogP contribution < -0.4 is 14.4 Å². The van der Waals surface area contributed by atoms with Crippen LogP contribution in [0.2, 0.25) is 0 Å². The minimum Gasteiger partial charge on any atom is -0.493 e. The average molecular weight is 404 g/mol. The third-order valence-electron chi connectivity index (χ3n) is 4.77. The van der Waals surface area contributed by atoms with Crippen LogP contribution in [0.3, 0.4) is 0 Å². The molecule has 2 heterocycles. The van der Waals surface area contributed by atoms with Gasteiger partial charge in [0.1, 0.15) is 6.67 Å². The molecule has 0 fully saturated rings. The van der Waals surface area contributed by atoms with Gasteiger partial charge in [-0.2, -0.15) is 5.10 Å². The van der Waals surface area contributed by atoms with E-state index < -0.39 is 13.3 Å². The van der Waals surface area contributed by atoms with Crippen molar-refractivity contribution in [3.8, 4) is 22.8 Å². The lowest BCUT2D eigenvalue weighted by Gasteiger charge is -2.23. The average Bonchev–Trinajstić information content (AvgIpc) is 3.05. The molecule has 0 spiro atoms. The van der Waals surface area contributed by atoms with Crippen LogP contribution in [0.1, 0.15) is 17.8 Å². The summed E-state index contributed by atoms with van der Waals surface area (Å²) >= 11 is 0. The molecule has 0 aliphatic heterocycles. The van der Waals surface area contributed by atoms with Crippen molar-refractivity contribution in [2.45, 2.75) is 20.3 Å². The number of hydrogen-bond acceptors (Lipinski definition) is 5. The van der Waals surface area contributed by atoms with Crippen LogP contribution in [0.4, 0.5) is 14.5 Å². The molecule has 0 aliphatic carbocycles. The lowest BCUT2D eigenvalue weighted by atomic mass is 10.1. The quantitative estimate of drug-likeness (QED) is 0.536. The number of hydrogen-bond donors (Lipinski definition) is 0. The van der Waals surface area contributed by atoms with E-state index in [-0.39, 0.29) is 6.54 Å². The highest BCUT2D eigenvalue weighted by atomic mass is 19.1. The topological polar surface area (TPSA) is 51.9 Å². The predicted octanol–water partition coefficient (Wildman–Crippen LogP) is 4.17. The Kier molecular flexibility index (Phi) is 6.51. The Morgan fingerprint density at radius 2 is 1.76 bits per heavy atom. The first kappa shape index (κ1) is 20.8. The molecular weight excluding hydrogens is 378 g/mol. The minimum atomic E-state index is -0.526. The first-order valence-electron chi connectivity index (χ1n) is 9.50. The van der Waals surface area contributed by atoms with Crippen LogP contribution >= 0.6 is 0 Å².